The molecule has 1 aliphatic rings. The van der Waals surface area contributed by atoms with E-state index >= 15 is 0 Å². The number of carbonyl (C=O) groups is 2. The van der Waals surface area contributed by atoms with Crippen molar-refractivity contribution in [2.75, 3.05) is 38.2 Å². The van der Waals surface area contributed by atoms with Crippen LogP contribution in [0, 0.1) is 0 Å². The van der Waals surface area contributed by atoms with Gasteiger partial charge >= 0.3 is 5.97 Å². The Kier molecular flexibility index (Phi) is 8.97. The van der Waals surface area contributed by atoms with Gasteiger partial charge in [-0.2, -0.15) is 0 Å². The lowest BCUT2D eigenvalue weighted by atomic mass is 9.90. The van der Waals surface area contributed by atoms with Crippen LogP contribution in [0.2, 0.25) is 5.02 Å². The van der Waals surface area contributed by atoms with Gasteiger partial charge in [-0.05, 0) is 62.6 Å². The molecule has 1 unspecified atom stereocenters. The fourth-order valence-corrected chi connectivity index (χ4v) is 4.22. The highest BCUT2D eigenvalue weighted by Crippen LogP contribution is 2.40. The van der Waals surface area contributed by atoms with E-state index in [2.05, 4.69) is 5.32 Å². The minimum absolute atomic E-state index is 0.117. The number of esters is 1. The van der Waals surface area contributed by atoms with Crippen molar-refractivity contribution in [2.45, 2.75) is 39.7 Å². The molecule has 33 heavy (non-hydrogen) atoms. The molecule has 8 heteroatoms. The lowest BCUT2D eigenvalue weighted by Gasteiger charge is -2.37. The molecule has 0 aliphatic carbocycles. The molecule has 1 amide bonds. The molecule has 3 rings (SSSR count). The molecule has 1 atom stereocenters. The highest BCUT2D eigenvalue weighted by molar-refractivity contribution is 6.33. The van der Waals surface area contributed by atoms with Crippen LogP contribution in [-0.4, -0.2) is 49.7 Å². The first kappa shape index (κ1) is 24.9. The average molecular weight is 475 g/mol. The fourth-order valence-electron chi connectivity index (χ4n) is 4.04. The van der Waals surface area contributed by atoms with E-state index in [9.17, 15) is 9.59 Å². The minimum atomic E-state index is -0.320. The third-order valence-corrected chi connectivity index (χ3v) is 5.76. The summed E-state index contributed by atoms with van der Waals surface area (Å²) in [7, 11) is 0. The summed E-state index contributed by atoms with van der Waals surface area (Å²) < 4.78 is 16.8. The van der Waals surface area contributed by atoms with Crippen molar-refractivity contribution < 1.29 is 23.8 Å². The van der Waals surface area contributed by atoms with Crippen molar-refractivity contribution in [3.8, 4) is 11.5 Å². The second-order valence-corrected chi connectivity index (χ2v) is 8.04. The van der Waals surface area contributed by atoms with Crippen LogP contribution >= 0.6 is 11.6 Å². The Balaban J connectivity index is 1.88. The van der Waals surface area contributed by atoms with Crippen LogP contribution in [0.4, 0.5) is 5.69 Å². The molecule has 1 N–H and O–H groups in total. The minimum Gasteiger partial charge on any atom is -0.490 e. The highest BCUT2D eigenvalue weighted by Gasteiger charge is 2.32. The number of halogens is 1. The average Bonchev–Trinajstić information content (AvgIpc) is 2.78. The molecule has 0 bridgehead atoms. The predicted molar refractivity (Wildman–Crippen MR) is 128 cm³/mol. The number of anilines is 1. The van der Waals surface area contributed by atoms with Gasteiger partial charge < -0.3 is 19.5 Å². The van der Waals surface area contributed by atoms with E-state index in [-0.39, 0.29) is 30.9 Å². The summed E-state index contributed by atoms with van der Waals surface area (Å²) in [6, 6.07) is 10.7. The first-order chi connectivity index (χ1) is 16.0. The van der Waals surface area contributed by atoms with Crippen LogP contribution < -0.4 is 14.8 Å². The lowest BCUT2D eigenvalue weighted by Crippen LogP contribution is -2.41. The Hall–Kier alpha value is -2.77. The van der Waals surface area contributed by atoms with E-state index in [0.717, 1.165) is 17.5 Å². The Morgan fingerprint density at radius 3 is 2.42 bits per heavy atom. The number of rotatable bonds is 10. The second-order valence-electron chi connectivity index (χ2n) is 7.64. The molecule has 2 aromatic rings. The molecule has 2 aromatic carbocycles. The van der Waals surface area contributed by atoms with E-state index in [1.165, 1.54) is 0 Å². The maximum Gasteiger partial charge on any atom is 0.307 e. The number of para-hydroxylation sites is 1. The summed E-state index contributed by atoms with van der Waals surface area (Å²) >= 11 is 6.18. The number of ether oxygens (including phenoxy) is 3. The summed E-state index contributed by atoms with van der Waals surface area (Å²) in [6.07, 6.45) is 0.861. The van der Waals surface area contributed by atoms with Gasteiger partial charge in [0, 0.05) is 12.6 Å². The van der Waals surface area contributed by atoms with Crippen molar-refractivity contribution in [3.05, 3.63) is 52.5 Å². The van der Waals surface area contributed by atoms with Gasteiger partial charge in [0.25, 0.3) is 0 Å². The van der Waals surface area contributed by atoms with E-state index in [0.29, 0.717) is 48.6 Å². The quantitative estimate of drug-likeness (QED) is 0.506. The van der Waals surface area contributed by atoms with Gasteiger partial charge in [-0.15, -0.1) is 0 Å². The Labute approximate surface area is 200 Å². The first-order valence-corrected chi connectivity index (χ1v) is 11.7. The van der Waals surface area contributed by atoms with Gasteiger partial charge in [-0.1, -0.05) is 23.7 Å². The first-order valence-electron chi connectivity index (χ1n) is 11.3. The van der Waals surface area contributed by atoms with Crippen LogP contribution in [-0.2, 0) is 20.7 Å². The zero-order valence-electron chi connectivity index (χ0n) is 19.4. The van der Waals surface area contributed by atoms with Gasteiger partial charge in [0.15, 0.2) is 11.5 Å². The molecule has 7 nitrogen and oxygen atoms in total. The number of benzene rings is 2. The van der Waals surface area contributed by atoms with Crippen LogP contribution in [0.25, 0.3) is 0 Å². The molecule has 0 aromatic heterocycles. The number of hydrogen-bond acceptors (Lipinski definition) is 6. The van der Waals surface area contributed by atoms with Crippen LogP contribution in [0.1, 0.15) is 44.4 Å². The zero-order valence-corrected chi connectivity index (χ0v) is 20.1. The lowest BCUT2D eigenvalue weighted by molar-refractivity contribution is -0.145. The van der Waals surface area contributed by atoms with Crippen molar-refractivity contribution in [2.24, 2.45) is 0 Å². The molecule has 178 valence electrons. The molecule has 0 saturated heterocycles. The van der Waals surface area contributed by atoms with Gasteiger partial charge in [-0.25, -0.2) is 0 Å². The van der Waals surface area contributed by atoms with Crippen molar-refractivity contribution in [1.29, 1.82) is 0 Å². The molecule has 1 aliphatic heterocycles. The monoisotopic (exact) mass is 474 g/mol. The highest BCUT2D eigenvalue weighted by atomic mass is 35.5. The summed E-state index contributed by atoms with van der Waals surface area (Å²) in [6.45, 7) is 7.68. The number of fused-ring (bicyclic) bond motifs is 1. The maximum absolute atomic E-state index is 12.8. The van der Waals surface area contributed by atoms with Gasteiger partial charge in [0.1, 0.15) is 0 Å². The molecule has 0 spiro atoms. The van der Waals surface area contributed by atoms with E-state index in [1.807, 2.05) is 36.9 Å². The number of nitrogens with one attached hydrogen (secondary N) is 1. The third-order valence-electron chi connectivity index (χ3n) is 5.43. The van der Waals surface area contributed by atoms with Crippen LogP contribution in [0.15, 0.2) is 36.4 Å². The number of amides is 1. The van der Waals surface area contributed by atoms with Gasteiger partial charge in [0.2, 0.25) is 5.91 Å². The number of nitrogens with zero attached hydrogens (tertiary/aromatic N) is 1. The molecule has 0 fully saturated rings. The van der Waals surface area contributed by atoms with Crippen molar-refractivity contribution in [1.82, 2.24) is 4.90 Å². The Bertz CT molecular complexity index is 981. The van der Waals surface area contributed by atoms with Crippen LogP contribution in [0.3, 0.4) is 0 Å². The standard InChI is InChI=1S/C25H31ClN2O5/c1-4-31-22-13-17-11-12-28(16-24(29)27-20-10-8-7-9-19(20)26)21(15-25(30)33-6-3)18(17)14-23(22)32-5-2/h7-10,13-14,21H,4-6,11-12,15-16H2,1-3H3,(H,27,29). The summed E-state index contributed by atoms with van der Waals surface area (Å²) in [5.41, 5.74) is 2.59. The zero-order chi connectivity index (χ0) is 23.8. The molecular formula is C25H31ClN2O5. The molecule has 0 saturated carbocycles. The molecule has 1 heterocycles. The summed E-state index contributed by atoms with van der Waals surface area (Å²) in [5.74, 6) is 0.822. The Morgan fingerprint density at radius 1 is 1.06 bits per heavy atom. The van der Waals surface area contributed by atoms with Gasteiger partial charge in [-0.3, -0.25) is 14.5 Å². The largest absolute Gasteiger partial charge is 0.490 e. The van der Waals surface area contributed by atoms with Crippen molar-refractivity contribution >= 4 is 29.2 Å². The molecular weight excluding hydrogens is 444 g/mol. The smallest absolute Gasteiger partial charge is 0.307 e. The topological polar surface area (TPSA) is 77.1 Å². The van der Waals surface area contributed by atoms with Crippen LogP contribution in [0.5, 0.6) is 11.5 Å². The van der Waals surface area contributed by atoms with E-state index in [1.54, 1.807) is 25.1 Å². The number of hydrogen-bond donors (Lipinski definition) is 1. The molecule has 0 radical (unpaired) electrons. The van der Waals surface area contributed by atoms with E-state index in [4.69, 9.17) is 25.8 Å². The van der Waals surface area contributed by atoms with Gasteiger partial charge in [0.05, 0.1) is 43.5 Å². The normalized spacial score (nSPS) is 15.5. The summed E-state index contributed by atoms with van der Waals surface area (Å²) in [4.78, 5) is 27.3. The fraction of sp³-hybridized carbons (Fsp3) is 0.440. The van der Waals surface area contributed by atoms with Crippen molar-refractivity contribution in [3.63, 3.8) is 0 Å². The SMILES string of the molecule is CCOC(=O)CC1c2cc(OCC)c(OCC)cc2CCN1CC(=O)Nc1ccccc1Cl. The Morgan fingerprint density at radius 2 is 1.76 bits per heavy atom. The predicted octanol–water partition coefficient (Wildman–Crippen LogP) is 4.63. The summed E-state index contributed by atoms with van der Waals surface area (Å²) in [5, 5.41) is 3.34. The van der Waals surface area contributed by atoms with E-state index < -0.39 is 0 Å². The maximum atomic E-state index is 12.8. The third kappa shape index (κ3) is 6.39. The second kappa shape index (κ2) is 11.9. The number of carbonyl (C=O) groups excluding carboxylic acids is 2.